The highest BCUT2D eigenvalue weighted by Crippen LogP contribution is 2.41. The molecule has 0 aromatic carbocycles. The Morgan fingerprint density at radius 2 is 1.93 bits per heavy atom. The summed E-state index contributed by atoms with van der Waals surface area (Å²) in [5, 5.41) is 0. The highest BCUT2D eigenvalue weighted by molar-refractivity contribution is 9.09. The second-order valence-electron chi connectivity index (χ2n) is 4.11. The molecular formula is C11H16BrClS. The number of halogens is 2. The normalized spacial score (nSPS) is 15.9. The van der Waals surface area contributed by atoms with Crippen molar-refractivity contribution >= 4 is 38.9 Å². The summed E-state index contributed by atoms with van der Waals surface area (Å²) in [6, 6.07) is 2.19. The molecule has 14 heavy (non-hydrogen) atoms. The standard InChI is InChI=1S/C11H16BrClS/c1-6(2)8(4)10(12)9-5-7(3)11(13)14-9/h5-6,8,10H,1-4H3. The van der Waals surface area contributed by atoms with Gasteiger partial charge in [-0.15, -0.1) is 11.3 Å². The van der Waals surface area contributed by atoms with Crippen molar-refractivity contribution in [2.75, 3.05) is 0 Å². The average Bonchev–Trinajstić information content (AvgIpc) is 2.44. The van der Waals surface area contributed by atoms with Gasteiger partial charge in [0.25, 0.3) is 0 Å². The summed E-state index contributed by atoms with van der Waals surface area (Å²) < 4.78 is 0.917. The highest BCUT2D eigenvalue weighted by atomic mass is 79.9. The largest absolute Gasteiger partial charge is 0.127 e. The van der Waals surface area contributed by atoms with Crippen LogP contribution >= 0.6 is 38.9 Å². The summed E-state index contributed by atoms with van der Waals surface area (Å²) in [6.45, 7) is 8.83. The molecule has 0 fully saturated rings. The molecule has 0 saturated carbocycles. The highest BCUT2D eigenvalue weighted by Gasteiger charge is 2.21. The fourth-order valence-electron chi connectivity index (χ4n) is 1.22. The summed E-state index contributed by atoms with van der Waals surface area (Å²) >= 11 is 11.5. The molecule has 0 spiro atoms. The predicted molar refractivity (Wildman–Crippen MR) is 69.7 cm³/mol. The van der Waals surface area contributed by atoms with Crippen LogP contribution in [0, 0.1) is 18.8 Å². The molecule has 0 aliphatic heterocycles. The van der Waals surface area contributed by atoms with Crippen LogP contribution in [0.4, 0.5) is 0 Å². The van der Waals surface area contributed by atoms with Crippen molar-refractivity contribution < 1.29 is 0 Å². The van der Waals surface area contributed by atoms with Crippen molar-refractivity contribution in [2.45, 2.75) is 32.5 Å². The maximum absolute atomic E-state index is 6.06. The average molecular weight is 296 g/mol. The predicted octanol–water partition coefficient (Wildman–Crippen LogP) is 5.44. The van der Waals surface area contributed by atoms with E-state index in [0.29, 0.717) is 16.7 Å². The maximum atomic E-state index is 6.06. The summed E-state index contributed by atoms with van der Waals surface area (Å²) in [5.41, 5.74) is 1.19. The van der Waals surface area contributed by atoms with Crippen LogP contribution in [-0.2, 0) is 0 Å². The third kappa shape index (κ3) is 2.74. The van der Waals surface area contributed by atoms with Gasteiger partial charge in [-0.25, -0.2) is 0 Å². The van der Waals surface area contributed by atoms with Crippen LogP contribution in [0.25, 0.3) is 0 Å². The van der Waals surface area contributed by atoms with Gasteiger partial charge >= 0.3 is 0 Å². The van der Waals surface area contributed by atoms with Gasteiger partial charge < -0.3 is 0 Å². The first-order valence-corrected chi connectivity index (χ1v) is 6.94. The van der Waals surface area contributed by atoms with E-state index in [4.69, 9.17) is 11.6 Å². The number of hydrogen-bond donors (Lipinski definition) is 0. The molecule has 1 heterocycles. The molecule has 0 amide bonds. The van der Waals surface area contributed by atoms with Gasteiger partial charge in [-0.3, -0.25) is 0 Å². The van der Waals surface area contributed by atoms with Crippen LogP contribution in [0.15, 0.2) is 6.07 Å². The van der Waals surface area contributed by atoms with Crippen molar-refractivity contribution in [1.82, 2.24) is 0 Å². The molecule has 0 N–H and O–H groups in total. The summed E-state index contributed by atoms with van der Waals surface area (Å²) in [6.07, 6.45) is 0. The first kappa shape index (κ1) is 12.5. The molecule has 1 aromatic rings. The minimum Gasteiger partial charge on any atom is -0.127 e. The molecule has 0 bridgehead atoms. The Morgan fingerprint density at radius 1 is 1.36 bits per heavy atom. The molecule has 1 rings (SSSR count). The summed E-state index contributed by atoms with van der Waals surface area (Å²) in [7, 11) is 0. The Bertz CT molecular complexity index is 287. The Balaban J connectivity index is 2.83. The molecule has 0 aliphatic carbocycles. The Morgan fingerprint density at radius 3 is 2.29 bits per heavy atom. The van der Waals surface area contributed by atoms with Gasteiger partial charge in [0.15, 0.2) is 0 Å². The molecule has 2 unspecified atom stereocenters. The lowest BCUT2D eigenvalue weighted by Gasteiger charge is -2.20. The van der Waals surface area contributed by atoms with E-state index in [1.165, 1.54) is 10.4 Å². The fourth-order valence-corrected chi connectivity index (χ4v) is 3.55. The van der Waals surface area contributed by atoms with Crippen LogP contribution in [0.2, 0.25) is 4.34 Å². The minimum atomic E-state index is 0.429. The lowest BCUT2D eigenvalue weighted by molar-refractivity contribution is 0.417. The first-order valence-electron chi connectivity index (χ1n) is 4.83. The van der Waals surface area contributed by atoms with Crippen molar-refractivity contribution in [1.29, 1.82) is 0 Å². The fraction of sp³-hybridized carbons (Fsp3) is 0.636. The molecule has 1 aromatic heterocycles. The van der Waals surface area contributed by atoms with E-state index in [-0.39, 0.29) is 0 Å². The van der Waals surface area contributed by atoms with E-state index < -0.39 is 0 Å². The lowest BCUT2D eigenvalue weighted by atomic mass is 9.94. The van der Waals surface area contributed by atoms with Gasteiger partial charge in [0.1, 0.15) is 0 Å². The molecule has 2 atom stereocenters. The quantitative estimate of drug-likeness (QED) is 0.652. The third-order valence-corrected chi connectivity index (χ3v) is 5.93. The topological polar surface area (TPSA) is 0 Å². The number of hydrogen-bond acceptors (Lipinski definition) is 1. The molecule has 0 nitrogen and oxygen atoms in total. The van der Waals surface area contributed by atoms with Crippen molar-refractivity contribution in [3.63, 3.8) is 0 Å². The van der Waals surface area contributed by atoms with Crippen LogP contribution in [0.5, 0.6) is 0 Å². The van der Waals surface area contributed by atoms with Gasteiger partial charge in [-0.1, -0.05) is 48.3 Å². The van der Waals surface area contributed by atoms with Crippen LogP contribution in [-0.4, -0.2) is 0 Å². The van der Waals surface area contributed by atoms with Gasteiger partial charge in [0, 0.05) is 4.88 Å². The molecule has 3 heteroatoms. The Hall–Kier alpha value is 0.470. The number of thiophene rings is 1. The van der Waals surface area contributed by atoms with E-state index >= 15 is 0 Å². The monoisotopic (exact) mass is 294 g/mol. The van der Waals surface area contributed by atoms with Crippen LogP contribution in [0.3, 0.4) is 0 Å². The van der Waals surface area contributed by atoms with Crippen molar-refractivity contribution in [3.8, 4) is 0 Å². The lowest BCUT2D eigenvalue weighted by Crippen LogP contribution is -2.09. The summed E-state index contributed by atoms with van der Waals surface area (Å²) in [4.78, 5) is 1.77. The zero-order valence-electron chi connectivity index (χ0n) is 8.97. The number of rotatable bonds is 3. The van der Waals surface area contributed by atoms with Gasteiger partial charge in [0.2, 0.25) is 0 Å². The number of alkyl halides is 1. The zero-order chi connectivity index (χ0) is 10.9. The first-order chi connectivity index (χ1) is 6.43. The molecule has 0 aliphatic rings. The minimum absolute atomic E-state index is 0.429. The Kier molecular flexibility index (Phi) is 4.48. The molecule has 0 radical (unpaired) electrons. The van der Waals surface area contributed by atoms with Gasteiger partial charge in [-0.05, 0) is 30.4 Å². The summed E-state index contributed by atoms with van der Waals surface area (Å²) in [5.74, 6) is 1.31. The van der Waals surface area contributed by atoms with E-state index in [2.05, 4.69) is 49.7 Å². The second-order valence-corrected chi connectivity index (χ2v) is 6.78. The maximum Gasteiger partial charge on any atom is 0.0960 e. The molecule has 80 valence electrons. The smallest absolute Gasteiger partial charge is 0.0960 e. The van der Waals surface area contributed by atoms with Gasteiger partial charge in [0.05, 0.1) is 9.16 Å². The Labute approximate surface area is 104 Å². The third-order valence-electron chi connectivity index (χ3n) is 2.66. The van der Waals surface area contributed by atoms with Crippen molar-refractivity contribution in [2.24, 2.45) is 11.8 Å². The molecular weight excluding hydrogens is 280 g/mol. The molecule has 0 saturated heterocycles. The SMILES string of the molecule is Cc1cc(C(Br)C(C)C(C)C)sc1Cl. The second kappa shape index (κ2) is 5.00. The van der Waals surface area contributed by atoms with E-state index in [1.54, 1.807) is 11.3 Å². The van der Waals surface area contributed by atoms with E-state index in [9.17, 15) is 0 Å². The van der Waals surface area contributed by atoms with Gasteiger partial charge in [-0.2, -0.15) is 0 Å². The zero-order valence-corrected chi connectivity index (χ0v) is 12.1. The van der Waals surface area contributed by atoms with E-state index in [1.807, 2.05) is 0 Å². The van der Waals surface area contributed by atoms with Crippen LogP contribution < -0.4 is 0 Å². The van der Waals surface area contributed by atoms with E-state index in [0.717, 1.165) is 4.34 Å². The van der Waals surface area contributed by atoms with Crippen molar-refractivity contribution in [3.05, 3.63) is 20.8 Å². The van der Waals surface area contributed by atoms with Crippen LogP contribution in [0.1, 0.15) is 36.0 Å². The number of aryl methyl sites for hydroxylation is 1.